The minimum absolute atomic E-state index is 0.0347. The molecule has 5 nitrogen and oxygen atoms in total. The summed E-state index contributed by atoms with van der Waals surface area (Å²) >= 11 is 0. The first-order valence-electron chi connectivity index (χ1n) is 8.31. The van der Waals surface area contributed by atoms with Gasteiger partial charge in [-0.05, 0) is 43.5 Å². The highest BCUT2D eigenvalue weighted by Gasteiger charge is 2.24. The minimum atomic E-state index is -0.0395. The molecule has 2 heterocycles. The van der Waals surface area contributed by atoms with Gasteiger partial charge in [-0.25, -0.2) is 4.68 Å². The third-order valence-electron chi connectivity index (χ3n) is 4.35. The Hall–Kier alpha value is -2.69. The van der Waals surface area contributed by atoms with Crippen molar-refractivity contribution in [2.45, 2.75) is 31.7 Å². The second-order valence-electron chi connectivity index (χ2n) is 5.92. The van der Waals surface area contributed by atoms with Gasteiger partial charge in [-0.2, -0.15) is 5.10 Å². The molecule has 0 spiro atoms. The van der Waals surface area contributed by atoms with E-state index in [1.54, 1.807) is 23.0 Å². The molecule has 5 heteroatoms. The molecule has 0 saturated carbocycles. The van der Waals surface area contributed by atoms with Crippen molar-refractivity contribution in [1.82, 2.24) is 14.7 Å². The first-order valence-corrected chi connectivity index (χ1v) is 8.31. The normalized spacial score (nSPS) is 18.0. The molecule has 1 aliphatic rings. The van der Waals surface area contributed by atoms with Crippen LogP contribution in [-0.4, -0.2) is 39.5 Å². The molecule has 1 aromatic heterocycles. The van der Waals surface area contributed by atoms with Crippen molar-refractivity contribution >= 4 is 18.3 Å². The molecule has 0 unspecified atom stereocenters. The lowest BCUT2D eigenvalue weighted by molar-refractivity contribution is -0.130. The maximum Gasteiger partial charge on any atom is 0.246 e. The minimum Gasteiger partial charge on any atom is -0.336 e. The van der Waals surface area contributed by atoms with Gasteiger partial charge in [-0.1, -0.05) is 18.2 Å². The van der Waals surface area contributed by atoms with E-state index >= 15 is 0 Å². The largest absolute Gasteiger partial charge is 0.336 e. The van der Waals surface area contributed by atoms with Crippen LogP contribution in [0.4, 0.5) is 0 Å². The van der Waals surface area contributed by atoms with E-state index in [0.717, 1.165) is 43.5 Å². The zero-order valence-electron chi connectivity index (χ0n) is 13.5. The highest BCUT2D eigenvalue weighted by atomic mass is 16.2. The van der Waals surface area contributed by atoms with Gasteiger partial charge in [0.15, 0.2) is 0 Å². The van der Waals surface area contributed by atoms with Crippen LogP contribution in [0.15, 0.2) is 48.7 Å². The summed E-state index contributed by atoms with van der Waals surface area (Å²) in [6.45, 7) is 0.722. The summed E-state index contributed by atoms with van der Waals surface area (Å²) < 4.78 is 1.79. The van der Waals surface area contributed by atoms with Crippen LogP contribution < -0.4 is 0 Å². The fourth-order valence-electron chi connectivity index (χ4n) is 3.12. The molecule has 0 bridgehead atoms. The molecule has 2 aromatic rings. The summed E-state index contributed by atoms with van der Waals surface area (Å²) in [6.07, 6.45) is 9.39. The molecular weight excluding hydrogens is 302 g/mol. The van der Waals surface area contributed by atoms with E-state index in [4.69, 9.17) is 0 Å². The van der Waals surface area contributed by atoms with E-state index in [0.29, 0.717) is 6.42 Å². The third-order valence-corrected chi connectivity index (χ3v) is 4.35. The average molecular weight is 323 g/mol. The number of likely N-dealkylation sites (tertiary alicyclic amines) is 1. The number of nitrogens with zero attached hydrogens (tertiary/aromatic N) is 3. The van der Waals surface area contributed by atoms with Crippen LogP contribution in [0.25, 0.3) is 11.8 Å². The maximum absolute atomic E-state index is 12.5. The van der Waals surface area contributed by atoms with Gasteiger partial charge in [0, 0.05) is 25.1 Å². The summed E-state index contributed by atoms with van der Waals surface area (Å²) in [5.41, 5.74) is 1.80. The third kappa shape index (κ3) is 3.62. The summed E-state index contributed by atoms with van der Waals surface area (Å²) in [5, 5.41) is 4.32. The van der Waals surface area contributed by atoms with Crippen molar-refractivity contribution in [3.8, 4) is 5.69 Å². The summed E-state index contributed by atoms with van der Waals surface area (Å²) in [6, 6.07) is 11.7. The molecule has 1 fully saturated rings. The van der Waals surface area contributed by atoms with E-state index in [1.165, 1.54) is 0 Å². The van der Waals surface area contributed by atoms with E-state index in [-0.39, 0.29) is 11.9 Å². The lowest BCUT2D eigenvalue weighted by Gasteiger charge is -2.34. The Morgan fingerprint density at radius 2 is 2.04 bits per heavy atom. The molecule has 0 aliphatic carbocycles. The van der Waals surface area contributed by atoms with Crippen LogP contribution in [0.5, 0.6) is 0 Å². The number of rotatable bonds is 5. The first kappa shape index (κ1) is 16.2. The van der Waals surface area contributed by atoms with Gasteiger partial charge in [0.05, 0.1) is 17.6 Å². The number of amides is 1. The molecule has 0 N–H and O–H groups in total. The van der Waals surface area contributed by atoms with Crippen LogP contribution in [0.1, 0.15) is 31.4 Å². The van der Waals surface area contributed by atoms with E-state index in [2.05, 4.69) is 5.10 Å². The smallest absolute Gasteiger partial charge is 0.246 e. The van der Waals surface area contributed by atoms with Crippen molar-refractivity contribution in [2.24, 2.45) is 0 Å². The monoisotopic (exact) mass is 323 g/mol. The molecule has 0 radical (unpaired) electrons. The van der Waals surface area contributed by atoms with Gasteiger partial charge in [-0.15, -0.1) is 0 Å². The Morgan fingerprint density at radius 3 is 2.83 bits per heavy atom. The topological polar surface area (TPSA) is 55.2 Å². The highest BCUT2D eigenvalue weighted by Crippen LogP contribution is 2.20. The van der Waals surface area contributed by atoms with Gasteiger partial charge in [0.1, 0.15) is 6.29 Å². The molecular formula is C19H21N3O2. The van der Waals surface area contributed by atoms with E-state index < -0.39 is 0 Å². The highest BCUT2D eigenvalue weighted by molar-refractivity contribution is 5.92. The fraction of sp³-hybridized carbons (Fsp3) is 0.316. The number of benzene rings is 1. The second kappa shape index (κ2) is 7.73. The second-order valence-corrected chi connectivity index (χ2v) is 5.92. The molecule has 1 amide bonds. The number of aromatic nitrogens is 2. The Kier molecular flexibility index (Phi) is 5.21. The van der Waals surface area contributed by atoms with Crippen LogP contribution in [0.3, 0.4) is 0 Å². The number of hydrogen-bond acceptors (Lipinski definition) is 3. The summed E-state index contributed by atoms with van der Waals surface area (Å²) in [5.74, 6) is -0.0395. The van der Waals surface area contributed by atoms with E-state index in [1.807, 2.05) is 41.3 Å². The number of hydrogen-bond donors (Lipinski definition) is 0. The molecule has 1 atom stereocenters. The molecule has 1 aromatic carbocycles. The van der Waals surface area contributed by atoms with Gasteiger partial charge >= 0.3 is 0 Å². The maximum atomic E-state index is 12.5. The number of carbonyl (C=O) groups excluding carboxylic acids is 2. The van der Waals surface area contributed by atoms with Crippen molar-refractivity contribution < 1.29 is 9.59 Å². The summed E-state index contributed by atoms with van der Waals surface area (Å²) in [4.78, 5) is 25.2. The van der Waals surface area contributed by atoms with Gasteiger partial charge in [0.25, 0.3) is 0 Å². The Labute approximate surface area is 141 Å². The average Bonchev–Trinajstić information content (AvgIpc) is 3.10. The van der Waals surface area contributed by atoms with Crippen molar-refractivity contribution in [2.75, 3.05) is 6.54 Å². The van der Waals surface area contributed by atoms with E-state index in [9.17, 15) is 9.59 Å². The van der Waals surface area contributed by atoms with Gasteiger partial charge in [-0.3, -0.25) is 4.79 Å². The summed E-state index contributed by atoms with van der Waals surface area (Å²) in [7, 11) is 0. The van der Waals surface area contributed by atoms with Crippen molar-refractivity contribution in [1.29, 1.82) is 0 Å². The first-order chi connectivity index (χ1) is 11.8. The predicted molar refractivity (Wildman–Crippen MR) is 92.6 cm³/mol. The molecule has 1 aliphatic heterocycles. The SMILES string of the molecule is O=CC[C@H]1CCCCN1C(=O)C=Cc1ccnn1-c1ccccc1. The molecule has 1 saturated heterocycles. The molecule has 24 heavy (non-hydrogen) atoms. The van der Waals surface area contributed by atoms with Crippen molar-refractivity contribution in [3.05, 3.63) is 54.4 Å². The number of carbonyl (C=O) groups is 2. The number of aldehydes is 1. The zero-order chi connectivity index (χ0) is 16.8. The zero-order valence-corrected chi connectivity index (χ0v) is 13.5. The van der Waals surface area contributed by atoms with Crippen LogP contribution in [0, 0.1) is 0 Å². The fourth-order valence-corrected chi connectivity index (χ4v) is 3.12. The Balaban J connectivity index is 1.75. The van der Waals surface area contributed by atoms with Crippen LogP contribution >= 0.6 is 0 Å². The molecule has 124 valence electrons. The number of para-hydroxylation sites is 1. The van der Waals surface area contributed by atoms with Crippen LogP contribution in [0.2, 0.25) is 0 Å². The molecule has 3 rings (SSSR count). The standard InChI is InChI=1S/C19H21N3O2/c23-15-12-16-6-4-5-14-21(16)19(24)10-9-18-11-13-20-22(18)17-7-2-1-3-8-17/h1-3,7-11,13,15-16H,4-6,12,14H2/t16-/m1/s1. The van der Waals surface area contributed by atoms with Gasteiger partial charge in [0.2, 0.25) is 5.91 Å². The Bertz CT molecular complexity index is 721. The van der Waals surface area contributed by atoms with Crippen molar-refractivity contribution in [3.63, 3.8) is 0 Å². The quantitative estimate of drug-likeness (QED) is 0.628. The lowest BCUT2D eigenvalue weighted by atomic mass is 10.00. The number of piperidine rings is 1. The van der Waals surface area contributed by atoms with Crippen LogP contribution in [-0.2, 0) is 9.59 Å². The predicted octanol–water partition coefficient (Wildman–Crippen LogP) is 2.86. The lowest BCUT2D eigenvalue weighted by Crippen LogP contribution is -2.43. The Morgan fingerprint density at radius 1 is 1.21 bits per heavy atom. The van der Waals surface area contributed by atoms with Gasteiger partial charge < -0.3 is 9.69 Å².